The maximum absolute atomic E-state index is 12.7. The number of hydrogen-bond acceptors (Lipinski definition) is 4. The van der Waals surface area contributed by atoms with Gasteiger partial charge in [-0.2, -0.15) is 0 Å². The third-order valence-corrected chi connectivity index (χ3v) is 2.44. The Hall–Kier alpha value is -1.85. The molecule has 1 aromatic carbocycles. The Balaban J connectivity index is 1.82. The summed E-state index contributed by atoms with van der Waals surface area (Å²) in [5, 5.41) is 0. The molecule has 1 heterocycles. The lowest BCUT2D eigenvalue weighted by Crippen LogP contribution is -2.25. The second-order valence-corrected chi connectivity index (χ2v) is 3.93. The van der Waals surface area contributed by atoms with Crippen molar-refractivity contribution in [3.05, 3.63) is 23.8 Å². The van der Waals surface area contributed by atoms with E-state index < -0.39 is 12.3 Å². The first-order valence-corrected chi connectivity index (χ1v) is 5.14. The van der Waals surface area contributed by atoms with Crippen LogP contribution in [0.25, 0.3) is 0 Å². The zero-order chi connectivity index (χ0) is 12.0. The average Bonchev–Trinajstić information content (AvgIpc) is 2.97. The molecule has 0 unspecified atom stereocenters. The first-order chi connectivity index (χ1) is 8.03. The molecule has 0 bridgehead atoms. The van der Waals surface area contributed by atoms with Crippen LogP contribution in [0.1, 0.15) is 23.2 Å². The van der Waals surface area contributed by atoms with E-state index in [4.69, 9.17) is 4.74 Å². The third kappa shape index (κ3) is 2.02. The molecule has 0 saturated heterocycles. The average molecular weight is 242 g/mol. The van der Waals surface area contributed by atoms with Crippen LogP contribution in [0.5, 0.6) is 11.5 Å². The molecule has 17 heavy (non-hydrogen) atoms. The van der Waals surface area contributed by atoms with E-state index >= 15 is 0 Å². The summed E-state index contributed by atoms with van der Waals surface area (Å²) in [6.45, 7) is 0. The van der Waals surface area contributed by atoms with Gasteiger partial charge in [0.25, 0.3) is 0 Å². The Labute approximate surface area is 95.1 Å². The summed E-state index contributed by atoms with van der Waals surface area (Å²) in [6.07, 6.45) is -1.99. The fraction of sp³-hybridized carbons (Fsp3) is 0.364. The Kier molecular flexibility index (Phi) is 2.01. The molecule has 0 atom stereocenters. The van der Waals surface area contributed by atoms with E-state index in [9.17, 15) is 13.6 Å². The fourth-order valence-corrected chi connectivity index (χ4v) is 1.48. The summed E-state index contributed by atoms with van der Waals surface area (Å²) < 4.78 is 39.0. The molecule has 1 aromatic rings. The van der Waals surface area contributed by atoms with Crippen LogP contribution >= 0.6 is 0 Å². The Morgan fingerprint density at radius 3 is 2.71 bits per heavy atom. The van der Waals surface area contributed by atoms with Crippen LogP contribution in [0, 0.1) is 0 Å². The van der Waals surface area contributed by atoms with Gasteiger partial charge in [0, 0.05) is 0 Å². The zero-order valence-electron chi connectivity index (χ0n) is 8.61. The van der Waals surface area contributed by atoms with Crippen LogP contribution in [0.3, 0.4) is 0 Å². The van der Waals surface area contributed by atoms with Gasteiger partial charge in [0.2, 0.25) is 0 Å². The quantitative estimate of drug-likeness (QED) is 0.746. The van der Waals surface area contributed by atoms with Crippen LogP contribution in [0.15, 0.2) is 18.2 Å². The van der Waals surface area contributed by atoms with E-state index in [2.05, 4.69) is 9.47 Å². The van der Waals surface area contributed by atoms with Gasteiger partial charge in [-0.3, -0.25) is 0 Å². The van der Waals surface area contributed by atoms with Gasteiger partial charge >= 0.3 is 12.3 Å². The van der Waals surface area contributed by atoms with Crippen LogP contribution in [0.4, 0.5) is 8.78 Å². The van der Waals surface area contributed by atoms with Crippen molar-refractivity contribution in [2.24, 2.45) is 0 Å². The molecule has 0 radical (unpaired) electrons. The summed E-state index contributed by atoms with van der Waals surface area (Å²) in [7, 11) is 0. The summed E-state index contributed by atoms with van der Waals surface area (Å²) in [4.78, 5) is 11.6. The molecular formula is C11H8F2O4. The molecule has 1 aliphatic heterocycles. The summed E-state index contributed by atoms with van der Waals surface area (Å²) in [5.74, 6) is -0.771. The number of halogens is 2. The van der Waals surface area contributed by atoms with Gasteiger partial charge in [-0.15, -0.1) is 8.78 Å². The molecule has 1 saturated carbocycles. The van der Waals surface area contributed by atoms with E-state index in [1.165, 1.54) is 18.2 Å². The Morgan fingerprint density at radius 1 is 1.29 bits per heavy atom. The van der Waals surface area contributed by atoms with Gasteiger partial charge in [-0.25, -0.2) is 4.79 Å². The minimum atomic E-state index is -3.67. The molecule has 0 aromatic heterocycles. The smallest absolute Gasteiger partial charge is 0.459 e. The first-order valence-electron chi connectivity index (χ1n) is 5.14. The highest BCUT2D eigenvalue weighted by molar-refractivity contribution is 5.90. The second-order valence-electron chi connectivity index (χ2n) is 3.93. The van der Waals surface area contributed by atoms with E-state index in [-0.39, 0.29) is 23.2 Å². The van der Waals surface area contributed by atoms with Gasteiger partial charge in [0.05, 0.1) is 5.56 Å². The number of alkyl halides is 2. The highest BCUT2D eigenvalue weighted by Gasteiger charge is 2.43. The van der Waals surface area contributed by atoms with Gasteiger partial charge in [-0.1, -0.05) is 0 Å². The van der Waals surface area contributed by atoms with Crippen molar-refractivity contribution in [1.82, 2.24) is 0 Å². The monoisotopic (exact) mass is 242 g/mol. The molecule has 0 spiro atoms. The lowest BCUT2D eigenvalue weighted by molar-refractivity contribution is -0.286. The highest BCUT2D eigenvalue weighted by Crippen LogP contribution is 2.41. The molecule has 0 N–H and O–H groups in total. The number of carbonyl (C=O) groups excluding carboxylic acids is 1. The van der Waals surface area contributed by atoms with E-state index in [0.29, 0.717) is 0 Å². The first kappa shape index (κ1) is 10.3. The fourth-order valence-electron chi connectivity index (χ4n) is 1.48. The number of benzene rings is 1. The van der Waals surface area contributed by atoms with Crippen molar-refractivity contribution in [2.45, 2.75) is 25.2 Å². The standard InChI is InChI=1S/C11H8F2O4/c12-11(13)16-8-4-1-6(5-9(8)17-11)10(14)15-7-2-3-7/h1,4-5,7H,2-3H2. The molecular weight excluding hydrogens is 234 g/mol. The summed E-state index contributed by atoms with van der Waals surface area (Å²) in [5.41, 5.74) is 0.178. The number of rotatable bonds is 2. The van der Waals surface area contributed by atoms with Crippen molar-refractivity contribution in [3.63, 3.8) is 0 Å². The lowest BCUT2D eigenvalue weighted by Gasteiger charge is -2.04. The van der Waals surface area contributed by atoms with Crippen molar-refractivity contribution in [2.75, 3.05) is 0 Å². The number of ether oxygens (including phenoxy) is 3. The number of esters is 1. The van der Waals surface area contributed by atoms with Crippen LogP contribution < -0.4 is 9.47 Å². The van der Waals surface area contributed by atoms with E-state index in [1.54, 1.807) is 0 Å². The largest absolute Gasteiger partial charge is 0.586 e. The normalized spacial score (nSPS) is 20.1. The number of hydrogen-bond donors (Lipinski definition) is 0. The zero-order valence-corrected chi connectivity index (χ0v) is 8.61. The molecule has 6 heteroatoms. The SMILES string of the molecule is O=C(OC1CC1)c1ccc2c(c1)OC(F)(F)O2. The molecule has 4 nitrogen and oxygen atoms in total. The van der Waals surface area contributed by atoms with Gasteiger partial charge in [-0.05, 0) is 31.0 Å². The molecule has 1 fully saturated rings. The van der Waals surface area contributed by atoms with Crippen molar-refractivity contribution < 1.29 is 27.8 Å². The van der Waals surface area contributed by atoms with E-state index in [0.717, 1.165) is 12.8 Å². The number of carbonyl (C=O) groups is 1. The molecule has 0 amide bonds. The predicted octanol–water partition coefficient (Wildman–Crippen LogP) is 2.33. The predicted molar refractivity (Wildman–Crippen MR) is 51.1 cm³/mol. The summed E-state index contributed by atoms with van der Waals surface area (Å²) in [6, 6.07) is 3.83. The van der Waals surface area contributed by atoms with Gasteiger partial charge in [0.15, 0.2) is 11.5 Å². The maximum Gasteiger partial charge on any atom is 0.586 e. The second kappa shape index (κ2) is 3.32. The molecule has 1 aliphatic carbocycles. The molecule has 3 rings (SSSR count). The van der Waals surface area contributed by atoms with Gasteiger partial charge in [0.1, 0.15) is 6.10 Å². The van der Waals surface area contributed by atoms with Crippen molar-refractivity contribution >= 4 is 5.97 Å². The lowest BCUT2D eigenvalue weighted by atomic mass is 10.2. The molecule has 2 aliphatic rings. The van der Waals surface area contributed by atoms with Crippen LogP contribution in [-0.4, -0.2) is 18.4 Å². The highest BCUT2D eigenvalue weighted by atomic mass is 19.3. The van der Waals surface area contributed by atoms with Crippen LogP contribution in [0.2, 0.25) is 0 Å². The number of fused-ring (bicyclic) bond motifs is 1. The minimum absolute atomic E-state index is 0.0330. The van der Waals surface area contributed by atoms with Crippen molar-refractivity contribution in [1.29, 1.82) is 0 Å². The van der Waals surface area contributed by atoms with Crippen LogP contribution in [-0.2, 0) is 4.74 Å². The Bertz CT molecular complexity index is 482. The van der Waals surface area contributed by atoms with E-state index in [1.807, 2.05) is 0 Å². The maximum atomic E-state index is 12.7. The van der Waals surface area contributed by atoms with Crippen molar-refractivity contribution in [3.8, 4) is 11.5 Å². The summed E-state index contributed by atoms with van der Waals surface area (Å²) >= 11 is 0. The molecule has 90 valence electrons. The van der Waals surface area contributed by atoms with Gasteiger partial charge < -0.3 is 14.2 Å². The third-order valence-electron chi connectivity index (χ3n) is 2.44. The minimum Gasteiger partial charge on any atom is -0.459 e. The Morgan fingerprint density at radius 2 is 2.00 bits per heavy atom. The topological polar surface area (TPSA) is 44.8 Å².